The molecule has 2 aromatic carbocycles. The molecule has 2 rings (SSSR count). The van der Waals surface area contributed by atoms with Gasteiger partial charge in [-0.1, -0.05) is 43.7 Å². The summed E-state index contributed by atoms with van der Waals surface area (Å²) in [5.41, 5.74) is 1.82. The third-order valence-corrected chi connectivity index (χ3v) is 4.22. The highest BCUT2D eigenvalue weighted by molar-refractivity contribution is 5.91. The fourth-order valence-electron chi connectivity index (χ4n) is 2.61. The Morgan fingerprint density at radius 2 is 1.70 bits per heavy atom. The zero-order valence-corrected chi connectivity index (χ0v) is 16.1. The van der Waals surface area contributed by atoms with Crippen LogP contribution in [0.5, 0.6) is 5.75 Å². The molecule has 0 saturated carbocycles. The highest BCUT2D eigenvalue weighted by Gasteiger charge is 2.11. The highest BCUT2D eigenvalue weighted by atomic mass is 16.5. The van der Waals surface area contributed by atoms with E-state index in [1.165, 1.54) is 0 Å². The number of hydrogen-bond donors (Lipinski definition) is 1. The second kappa shape index (κ2) is 11.0. The number of nitrogens with one attached hydrogen (secondary N) is 1. The van der Waals surface area contributed by atoms with Gasteiger partial charge in [-0.25, -0.2) is 0 Å². The van der Waals surface area contributed by atoms with Gasteiger partial charge in [0.1, 0.15) is 12.4 Å². The summed E-state index contributed by atoms with van der Waals surface area (Å²) in [6.45, 7) is 5.27. The largest absolute Gasteiger partial charge is 0.489 e. The summed E-state index contributed by atoms with van der Waals surface area (Å²) in [5.74, 6) is 0.658. The smallest absolute Gasteiger partial charge is 0.226 e. The van der Waals surface area contributed by atoms with Crippen molar-refractivity contribution in [1.82, 2.24) is 4.90 Å². The molecule has 0 heterocycles. The lowest BCUT2D eigenvalue weighted by Gasteiger charge is -2.20. The molecule has 0 bridgehead atoms. The standard InChI is InChI=1S/C22H28N2O3/c1-3-4-15-24(18(2)25)16-14-22(26)23-20-10-12-21(13-11-20)27-17-19-8-6-5-7-9-19/h5-13H,3-4,14-17H2,1-2H3,(H,23,26). The molecular weight excluding hydrogens is 340 g/mol. The monoisotopic (exact) mass is 368 g/mol. The van der Waals surface area contributed by atoms with Crippen LogP contribution in [0.3, 0.4) is 0 Å². The van der Waals surface area contributed by atoms with Crippen LogP contribution in [0.1, 0.15) is 38.7 Å². The van der Waals surface area contributed by atoms with Crippen molar-refractivity contribution in [3.8, 4) is 5.75 Å². The molecule has 144 valence electrons. The number of carbonyl (C=O) groups is 2. The zero-order valence-electron chi connectivity index (χ0n) is 16.1. The van der Waals surface area contributed by atoms with Crippen LogP contribution >= 0.6 is 0 Å². The average molecular weight is 368 g/mol. The molecule has 0 unspecified atom stereocenters. The summed E-state index contributed by atoms with van der Waals surface area (Å²) in [6.07, 6.45) is 2.26. The molecule has 0 aliphatic rings. The van der Waals surface area contributed by atoms with Gasteiger partial charge >= 0.3 is 0 Å². The van der Waals surface area contributed by atoms with Gasteiger partial charge in [0.25, 0.3) is 0 Å². The number of carbonyl (C=O) groups excluding carboxylic acids is 2. The van der Waals surface area contributed by atoms with Gasteiger partial charge in [-0.15, -0.1) is 0 Å². The lowest BCUT2D eigenvalue weighted by atomic mass is 10.2. The fraction of sp³-hybridized carbons (Fsp3) is 0.364. The SMILES string of the molecule is CCCCN(CCC(=O)Nc1ccc(OCc2ccccc2)cc1)C(C)=O. The molecule has 27 heavy (non-hydrogen) atoms. The number of anilines is 1. The molecule has 0 aliphatic carbocycles. The quantitative estimate of drug-likeness (QED) is 0.682. The third-order valence-electron chi connectivity index (χ3n) is 4.22. The fourth-order valence-corrected chi connectivity index (χ4v) is 2.61. The number of rotatable bonds is 10. The van der Waals surface area contributed by atoms with Gasteiger partial charge in [-0.2, -0.15) is 0 Å². The lowest BCUT2D eigenvalue weighted by Crippen LogP contribution is -2.32. The average Bonchev–Trinajstić information content (AvgIpc) is 2.68. The number of hydrogen-bond acceptors (Lipinski definition) is 3. The van der Waals surface area contributed by atoms with Crippen molar-refractivity contribution in [2.24, 2.45) is 0 Å². The van der Waals surface area contributed by atoms with Crippen LogP contribution in [0.4, 0.5) is 5.69 Å². The topological polar surface area (TPSA) is 58.6 Å². The Kier molecular flexibility index (Phi) is 8.36. The summed E-state index contributed by atoms with van der Waals surface area (Å²) in [6, 6.07) is 17.3. The summed E-state index contributed by atoms with van der Waals surface area (Å²) >= 11 is 0. The Morgan fingerprint density at radius 1 is 1.00 bits per heavy atom. The molecular formula is C22H28N2O3. The van der Waals surface area contributed by atoms with Gasteiger partial charge in [0, 0.05) is 32.1 Å². The summed E-state index contributed by atoms with van der Waals surface area (Å²) < 4.78 is 5.74. The van der Waals surface area contributed by atoms with E-state index in [-0.39, 0.29) is 18.2 Å². The van der Waals surface area contributed by atoms with E-state index in [9.17, 15) is 9.59 Å². The van der Waals surface area contributed by atoms with Gasteiger partial charge in [-0.05, 0) is 36.2 Å². The Morgan fingerprint density at radius 3 is 2.33 bits per heavy atom. The Bertz CT molecular complexity index is 714. The Hall–Kier alpha value is -2.82. The van der Waals surface area contributed by atoms with E-state index < -0.39 is 0 Å². The minimum atomic E-state index is -0.101. The first-order chi connectivity index (χ1) is 13.1. The van der Waals surface area contributed by atoms with Gasteiger partial charge in [-0.3, -0.25) is 9.59 Å². The number of nitrogens with zero attached hydrogens (tertiary/aromatic N) is 1. The molecule has 0 fully saturated rings. The highest BCUT2D eigenvalue weighted by Crippen LogP contribution is 2.17. The second-order valence-corrected chi connectivity index (χ2v) is 6.46. The van der Waals surface area contributed by atoms with Crippen molar-refractivity contribution in [2.45, 2.75) is 39.7 Å². The van der Waals surface area contributed by atoms with Crippen molar-refractivity contribution in [1.29, 1.82) is 0 Å². The molecule has 0 radical (unpaired) electrons. The molecule has 1 N–H and O–H groups in total. The van der Waals surface area contributed by atoms with Crippen LogP contribution in [0.2, 0.25) is 0 Å². The van der Waals surface area contributed by atoms with Crippen LogP contribution < -0.4 is 10.1 Å². The van der Waals surface area contributed by atoms with Crippen LogP contribution in [0, 0.1) is 0 Å². The van der Waals surface area contributed by atoms with Crippen molar-refractivity contribution in [3.63, 3.8) is 0 Å². The Labute approximate surface area is 161 Å². The maximum Gasteiger partial charge on any atom is 0.226 e. The zero-order chi connectivity index (χ0) is 19.5. The second-order valence-electron chi connectivity index (χ2n) is 6.46. The van der Waals surface area contributed by atoms with E-state index in [0.717, 1.165) is 29.8 Å². The first-order valence-corrected chi connectivity index (χ1v) is 9.40. The molecule has 5 heteroatoms. The summed E-state index contributed by atoms with van der Waals surface area (Å²) in [7, 11) is 0. The molecule has 0 atom stereocenters. The van der Waals surface area contributed by atoms with E-state index in [2.05, 4.69) is 12.2 Å². The summed E-state index contributed by atoms with van der Waals surface area (Å²) in [5, 5.41) is 2.86. The van der Waals surface area contributed by atoms with Crippen LogP contribution in [-0.2, 0) is 16.2 Å². The molecule has 5 nitrogen and oxygen atoms in total. The van der Waals surface area contributed by atoms with Crippen LogP contribution in [0.15, 0.2) is 54.6 Å². The predicted molar refractivity (Wildman–Crippen MR) is 108 cm³/mol. The van der Waals surface area contributed by atoms with Crippen molar-refractivity contribution >= 4 is 17.5 Å². The van der Waals surface area contributed by atoms with Crippen LogP contribution in [0.25, 0.3) is 0 Å². The predicted octanol–water partition coefficient (Wildman–Crippen LogP) is 4.24. The molecule has 0 aliphatic heterocycles. The van der Waals surface area contributed by atoms with Crippen molar-refractivity contribution in [2.75, 3.05) is 18.4 Å². The maximum atomic E-state index is 12.1. The number of benzene rings is 2. The minimum absolute atomic E-state index is 0.0103. The van der Waals surface area contributed by atoms with E-state index >= 15 is 0 Å². The van der Waals surface area contributed by atoms with Gasteiger partial charge in [0.05, 0.1) is 0 Å². The van der Waals surface area contributed by atoms with E-state index in [0.29, 0.717) is 19.7 Å². The number of ether oxygens (including phenoxy) is 1. The van der Waals surface area contributed by atoms with Crippen LogP contribution in [-0.4, -0.2) is 29.8 Å². The van der Waals surface area contributed by atoms with Crippen molar-refractivity contribution < 1.29 is 14.3 Å². The first-order valence-electron chi connectivity index (χ1n) is 9.40. The summed E-state index contributed by atoms with van der Waals surface area (Å²) in [4.78, 5) is 25.5. The third kappa shape index (κ3) is 7.52. The van der Waals surface area contributed by atoms with E-state index in [1.807, 2.05) is 54.6 Å². The van der Waals surface area contributed by atoms with Crippen molar-refractivity contribution in [3.05, 3.63) is 60.2 Å². The molecule has 2 amide bonds. The number of unbranched alkanes of at least 4 members (excludes halogenated alkanes) is 1. The van der Waals surface area contributed by atoms with E-state index in [4.69, 9.17) is 4.74 Å². The van der Waals surface area contributed by atoms with Gasteiger partial charge in [0.2, 0.25) is 11.8 Å². The Balaban J connectivity index is 1.77. The minimum Gasteiger partial charge on any atom is -0.489 e. The first kappa shape index (κ1) is 20.5. The molecule has 2 aromatic rings. The van der Waals surface area contributed by atoms with E-state index in [1.54, 1.807) is 11.8 Å². The number of amides is 2. The molecule has 0 saturated heterocycles. The normalized spacial score (nSPS) is 10.3. The van der Waals surface area contributed by atoms with Gasteiger partial charge in [0.15, 0.2) is 0 Å². The molecule has 0 aromatic heterocycles. The van der Waals surface area contributed by atoms with Gasteiger partial charge < -0.3 is 15.0 Å². The maximum absolute atomic E-state index is 12.1. The lowest BCUT2D eigenvalue weighted by molar-refractivity contribution is -0.129. The molecule has 0 spiro atoms.